The maximum atomic E-state index is 5.39. The molecule has 2 aliphatic rings. The van der Waals surface area contributed by atoms with E-state index in [9.17, 15) is 0 Å². The summed E-state index contributed by atoms with van der Waals surface area (Å²) in [5.74, 6) is 0. The molecule has 3 nitrogen and oxygen atoms in total. The predicted octanol–water partition coefficient (Wildman–Crippen LogP) is 1.63. The van der Waals surface area contributed by atoms with Gasteiger partial charge in [0.15, 0.2) is 0 Å². The number of hydrogen-bond acceptors (Lipinski definition) is 3. The first-order valence-electron chi connectivity index (χ1n) is 6.75. The molecule has 0 spiro atoms. The summed E-state index contributed by atoms with van der Waals surface area (Å²) in [7, 11) is 1.81. The highest BCUT2D eigenvalue weighted by atomic mass is 16.5. The van der Waals surface area contributed by atoms with Crippen molar-refractivity contribution in [2.75, 3.05) is 20.2 Å². The van der Waals surface area contributed by atoms with Gasteiger partial charge in [0, 0.05) is 31.8 Å². The zero-order valence-electron chi connectivity index (χ0n) is 10.9. The molecule has 3 unspecified atom stereocenters. The van der Waals surface area contributed by atoms with Crippen molar-refractivity contribution >= 4 is 0 Å². The quantitative estimate of drug-likeness (QED) is 0.771. The van der Waals surface area contributed by atoms with Crippen molar-refractivity contribution in [3.05, 3.63) is 0 Å². The van der Waals surface area contributed by atoms with E-state index in [4.69, 9.17) is 4.74 Å². The smallest absolute Gasteiger partial charge is 0.0670 e. The van der Waals surface area contributed by atoms with E-state index in [-0.39, 0.29) is 0 Å². The third-order valence-electron chi connectivity index (χ3n) is 4.26. The van der Waals surface area contributed by atoms with Crippen LogP contribution in [-0.4, -0.2) is 49.3 Å². The molecule has 2 fully saturated rings. The van der Waals surface area contributed by atoms with Crippen LogP contribution in [0.2, 0.25) is 0 Å². The second kappa shape index (κ2) is 5.48. The van der Waals surface area contributed by atoms with E-state index < -0.39 is 0 Å². The number of piperidine rings is 1. The molecule has 94 valence electrons. The fourth-order valence-corrected chi connectivity index (χ4v) is 3.27. The minimum absolute atomic E-state index is 0.354. The molecule has 0 aromatic carbocycles. The molecule has 0 aromatic rings. The molecule has 2 saturated heterocycles. The fourth-order valence-electron chi connectivity index (χ4n) is 3.27. The molecule has 0 amide bonds. The molecule has 0 aromatic heterocycles. The highest BCUT2D eigenvalue weighted by Gasteiger charge is 2.35. The number of fused-ring (bicyclic) bond motifs is 2. The second-order valence-corrected chi connectivity index (χ2v) is 5.40. The molecule has 2 rings (SSSR count). The molecule has 2 heterocycles. The summed E-state index contributed by atoms with van der Waals surface area (Å²) in [4.78, 5) is 2.61. The summed E-state index contributed by atoms with van der Waals surface area (Å²) in [6.45, 7) is 6.67. The summed E-state index contributed by atoms with van der Waals surface area (Å²) < 4.78 is 5.39. The van der Waals surface area contributed by atoms with Gasteiger partial charge in [0.25, 0.3) is 0 Å². The standard InChI is InChI=1S/C13H26N2O/c1-4-15(9-10(2)16-3)13-7-11-5-6-12(8-13)14-11/h10-14H,4-9H2,1-3H3. The lowest BCUT2D eigenvalue weighted by molar-refractivity contribution is 0.0500. The SMILES string of the molecule is CCN(CC(C)OC)C1CC2CCC(C1)N2. The van der Waals surface area contributed by atoms with Crippen molar-refractivity contribution in [3.8, 4) is 0 Å². The first-order valence-corrected chi connectivity index (χ1v) is 6.75. The Bertz CT molecular complexity index is 210. The summed E-state index contributed by atoms with van der Waals surface area (Å²) in [5, 5.41) is 3.71. The van der Waals surface area contributed by atoms with Gasteiger partial charge in [0.05, 0.1) is 6.10 Å². The number of rotatable bonds is 5. The molecule has 2 aliphatic heterocycles. The van der Waals surface area contributed by atoms with Crippen LogP contribution < -0.4 is 5.32 Å². The highest BCUT2D eigenvalue weighted by Crippen LogP contribution is 2.29. The average molecular weight is 226 g/mol. The van der Waals surface area contributed by atoms with Crippen molar-refractivity contribution in [1.29, 1.82) is 0 Å². The zero-order valence-corrected chi connectivity index (χ0v) is 10.9. The van der Waals surface area contributed by atoms with Crippen LogP contribution in [-0.2, 0) is 4.74 Å². The molecule has 3 heteroatoms. The number of likely N-dealkylation sites (N-methyl/N-ethyl adjacent to an activating group) is 1. The summed E-state index contributed by atoms with van der Waals surface area (Å²) in [6, 6.07) is 2.35. The first kappa shape index (κ1) is 12.3. The molecule has 0 radical (unpaired) electrons. The summed E-state index contributed by atoms with van der Waals surface area (Å²) >= 11 is 0. The van der Waals surface area contributed by atoms with Gasteiger partial charge in [-0.25, -0.2) is 0 Å². The number of hydrogen-bond donors (Lipinski definition) is 1. The minimum Gasteiger partial charge on any atom is -0.380 e. The van der Waals surface area contributed by atoms with Crippen molar-refractivity contribution in [2.45, 2.75) is 63.8 Å². The number of nitrogens with zero attached hydrogens (tertiary/aromatic N) is 1. The zero-order chi connectivity index (χ0) is 11.5. The van der Waals surface area contributed by atoms with Crippen molar-refractivity contribution in [3.63, 3.8) is 0 Å². The Hall–Kier alpha value is -0.120. The Morgan fingerprint density at radius 3 is 2.44 bits per heavy atom. The van der Waals surface area contributed by atoms with Gasteiger partial charge in [-0.15, -0.1) is 0 Å². The number of methoxy groups -OCH3 is 1. The average Bonchev–Trinajstić information content (AvgIpc) is 2.64. The van der Waals surface area contributed by atoms with E-state index in [0.29, 0.717) is 6.10 Å². The van der Waals surface area contributed by atoms with E-state index >= 15 is 0 Å². The van der Waals surface area contributed by atoms with Crippen LogP contribution >= 0.6 is 0 Å². The first-order chi connectivity index (χ1) is 7.72. The Labute approximate surface area is 99.5 Å². The highest BCUT2D eigenvalue weighted by molar-refractivity contribution is 4.95. The van der Waals surface area contributed by atoms with Crippen molar-refractivity contribution < 1.29 is 4.74 Å². The predicted molar refractivity (Wildman–Crippen MR) is 66.7 cm³/mol. The lowest BCUT2D eigenvalue weighted by Crippen LogP contribution is -2.49. The molecule has 1 N–H and O–H groups in total. The molecular weight excluding hydrogens is 200 g/mol. The molecule has 2 bridgehead atoms. The van der Waals surface area contributed by atoms with Gasteiger partial charge in [0.2, 0.25) is 0 Å². The number of nitrogens with one attached hydrogen (secondary N) is 1. The van der Waals surface area contributed by atoms with E-state index in [2.05, 4.69) is 24.1 Å². The van der Waals surface area contributed by atoms with Crippen molar-refractivity contribution in [2.24, 2.45) is 0 Å². The third-order valence-corrected chi connectivity index (χ3v) is 4.26. The van der Waals surface area contributed by atoms with Gasteiger partial charge in [-0.1, -0.05) is 6.92 Å². The van der Waals surface area contributed by atoms with Gasteiger partial charge < -0.3 is 10.1 Å². The van der Waals surface area contributed by atoms with E-state index in [1.54, 1.807) is 0 Å². The lowest BCUT2D eigenvalue weighted by Gasteiger charge is -2.38. The van der Waals surface area contributed by atoms with E-state index in [0.717, 1.165) is 31.2 Å². The van der Waals surface area contributed by atoms with Crippen LogP contribution in [0, 0.1) is 0 Å². The van der Waals surface area contributed by atoms with Crippen LogP contribution in [0.4, 0.5) is 0 Å². The third kappa shape index (κ3) is 2.76. The molecule has 0 saturated carbocycles. The Morgan fingerprint density at radius 2 is 1.94 bits per heavy atom. The molecule has 16 heavy (non-hydrogen) atoms. The Morgan fingerprint density at radius 1 is 1.31 bits per heavy atom. The largest absolute Gasteiger partial charge is 0.380 e. The Balaban J connectivity index is 1.88. The Kier molecular flexibility index (Phi) is 4.22. The molecule has 3 atom stereocenters. The molecule has 0 aliphatic carbocycles. The van der Waals surface area contributed by atoms with E-state index in [1.807, 2.05) is 7.11 Å². The summed E-state index contributed by atoms with van der Waals surface area (Å²) in [5.41, 5.74) is 0. The van der Waals surface area contributed by atoms with Crippen LogP contribution in [0.5, 0.6) is 0 Å². The van der Waals surface area contributed by atoms with Gasteiger partial charge in [0.1, 0.15) is 0 Å². The minimum atomic E-state index is 0.354. The number of ether oxygens (including phenoxy) is 1. The molecular formula is C13H26N2O. The second-order valence-electron chi connectivity index (χ2n) is 5.40. The van der Waals surface area contributed by atoms with Crippen LogP contribution in [0.15, 0.2) is 0 Å². The van der Waals surface area contributed by atoms with Gasteiger partial charge >= 0.3 is 0 Å². The van der Waals surface area contributed by atoms with Crippen LogP contribution in [0.25, 0.3) is 0 Å². The topological polar surface area (TPSA) is 24.5 Å². The summed E-state index contributed by atoms with van der Waals surface area (Å²) in [6.07, 6.45) is 5.80. The maximum Gasteiger partial charge on any atom is 0.0670 e. The van der Waals surface area contributed by atoms with Crippen LogP contribution in [0.3, 0.4) is 0 Å². The van der Waals surface area contributed by atoms with Crippen molar-refractivity contribution in [1.82, 2.24) is 10.2 Å². The van der Waals surface area contributed by atoms with Gasteiger partial charge in [-0.2, -0.15) is 0 Å². The van der Waals surface area contributed by atoms with Gasteiger partial charge in [-0.05, 0) is 39.2 Å². The lowest BCUT2D eigenvalue weighted by atomic mass is 9.98. The fraction of sp³-hybridized carbons (Fsp3) is 1.00. The normalized spacial score (nSPS) is 35.6. The van der Waals surface area contributed by atoms with Crippen LogP contribution in [0.1, 0.15) is 39.5 Å². The monoisotopic (exact) mass is 226 g/mol. The van der Waals surface area contributed by atoms with E-state index in [1.165, 1.54) is 25.7 Å². The van der Waals surface area contributed by atoms with Gasteiger partial charge in [-0.3, -0.25) is 4.90 Å². The maximum absolute atomic E-state index is 5.39.